The fourth-order valence-electron chi connectivity index (χ4n) is 3.46. The predicted molar refractivity (Wildman–Crippen MR) is 112 cm³/mol. The topological polar surface area (TPSA) is 108 Å². The van der Waals surface area contributed by atoms with Crippen molar-refractivity contribution in [2.24, 2.45) is 0 Å². The molecule has 6 rings (SSSR count). The van der Waals surface area contributed by atoms with Gasteiger partial charge in [-0.25, -0.2) is 9.97 Å². The van der Waals surface area contributed by atoms with Gasteiger partial charge in [-0.2, -0.15) is 4.52 Å². The maximum absolute atomic E-state index is 6.46. The van der Waals surface area contributed by atoms with Gasteiger partial charge in [0, 0.05) is 11.3 Å². The van der Waals surface area contributed by atoms with E-state index >= 15 is 0 Å². The summed E-state index contributed by atoms with van der Waals surface area (Å²) < 4.78 is 8.25. The average Bonchev–Trinajstić information content (AvgIpc) is 3.45. The standard InChI is InChI=1S/C20H13N7OS/c1-10-9-11(13-6-4-8-28-13)15-18(22-10)26-27-17(21)16(24-25-19(15)27)20-23-12-5-2-3-7-14(12)29-20/h2-9H,21H2,1H3. The molecule has 0 bridgehead atoms. The first-order valence-electron chi connectivity index (χ1n) is 8.91. The normalized spacial score (nSPS) is 11.8. The molecule has 5 heterocycles. The predicted octanol–water partition coefficient (Wildman–Crippen LogP) is 4.10. The van der Waals surface area contributed by atoms with E-state index in [4.69, 9.17) is 10.2 Å². The van der Waals surface area contributed by atoms with Gasteiger partial charge in [0.05, 0.1) is 21.9 Å². The molecule has 0 aliphatic carbocycles. The molecule has 0 unspecified atom stereocenters. The lowest BCUT2D eigenvalue weighted by molar-refractivity contribution is 0.583. The molecule has 29 heavy (non-hydrogen) atoms. The van der Waals surface area contributed by atoms with Gasteiger partial charge in [-0.3, -0.25) is 0 Å². The number of anilines is 1. The SMILES string of the molecule is Cc1cc(-c2ccco2)c2c(n1)nn1c(N)c(-c3nc4ccccc4s3)nnc21. The maximum atomic E-state index is 6.46. The first kappa shape index (κ1) is 16.1. The number of rotatable bonds is 2. The largest absolute Gasteiger partial charge is 0.464 e. The Hall–Kier alpha value is -3.85. The highest BCUT2D eigenvalue weighted by atomic mass is 32.1. The van der Waals surface area contributed by atoms with Crippen LogP contribution in [-0.2, 0) is 0 Å². The second-order valence-electron chi connectivity index (χ2n) is 6.64. The number of furan rings is 1. The molecule has 5 aromatic heterocycles. The Bertz CT molecular complexity index is 1500. The molecule has 0 radical (unpaired) electrons. The van der Waals surface area contributed by atoms with Crippen molar-refractivity contribution in [1.82, 2.24) is 29.8 Å². The van der Waals surface area contributed by atoms with Crippen molar-refractivity contribution in [1.29, 1.82) is 0 Å². The van der Waals surface area contributed by atoms with Gasteiger partial charge in [-0.15, -0.1) is 26.6 Å². The third-order valence-electron chi connectivity index (χ3n) is 4.75. The molecule has 2 N–H and O–H groups in total. The Kier molecular flexibility index (Phi) is 3.24. The fourth-order valence-corrected chi connectivity index (χ4v) is 4.42. The highest BCUT2D eigenvalue weighted by molar-refractivity contribution is 7.21. The molecule has 0 saturated carbocycles. The van der Waals surface area contributed by atoms with Crippen LogP contribution in [0.1, 0.15) is 5.69 Å². The van der Waals surface area contributed by atoms with Crippen LogP contribution in [0.5, 0.6) is 0 Å². The van der Waals surface area contributed by atoms with Crippen molar-refractivity contribution in [2.45, 2.75) is 6.92 Å². The molecule has 140 valence electrons. The van der Waals surface area contributed by atoms with Crippen LogP contribution >= 0.6 is 11.3 Å². The number of pyridine rings is 1. The van der Waals surface area contributed by atoms with Crippen LogP contribution in [0.25, 0.3) is 48.9 Å². The van der Waals surface area contributed by atoms with Gasteiger partial charge < -0.3 is 10.2 Å². The number of nitrogens with two attached hydrogens (primary N) is 1. The van der Waals surface area contributed by atoms with Crippen LogP contribution in [0.15, 0.2) is 53.1 Å². The summed E-state index contributed by atoms with van der Waals surface area (Å²) in [6, 6.07) is 13.6. The van der Waals surface area contributed by atoms with E-state index in [1.807, 2.05) is 49.4 Å². The number of nitrogen functional groups attached to an aromatic ring is 1. The molecule has 6 aromatic rings. The van der Waals surface area contributed by atoms with Crippen LogP contribution in [0, 0.1) is 6.92 Å². The van der Waals surface area contributed by atoms with Crippen LogP contribution in [-0.4, -0.2) is 29.8 Å². The lowest BCUT2D eigenvalue weighted by Gasteiger charge is -2.03. The first-order valence-corrected chi connectivity index (χ1v) is 9.73. The summed E-state index contributed by atoms with van der Waals surface area (Å²) in [4.78, 5) is 9.19. The Labute approximate surface area is 167 Å². The molecule has 8 nitrogen and oxygen atoms in total. The van der Waals surface area contributed by atoms with E-state index in [1.165, 1.54) is 11.3 Å². The third-order valence-corrected chi connectivity index (χ3v) is 5.79. The Balaban J connectivity index is 1.65. The molecule has 0 saturated heterocycles. The maximum Gasteiger partial charge on any atom is 0.189 e. The number of aryl methyl sites for hydroxylation is 1. The number of hydrogen-bond donors (Lipinski definition) is 1. The van der Waals surface area contributed by atoms with Crippen LogP contribution in [0.4, 0.5) is 5.82 Å². The monoisotopic (exact) mass is 399 g/mol. The summed E-state index contributed by atoms with van der Waals surface area (Å²) >= 11 is 1.52. The van der Waals surface area contributed by atoms with Crippen molar-refractivity contribution < 1.29 is 4.42 Å². The minimum Gasteiger partial charge on any atom is -0.464 e. The van der Waals surface area contributed by atoms with Gasteiger partial charge in [-0.1, -0.05) is 12.1 Å². The van der Waals surface area contributed by atoms with Crippen molar-refractivity contribution in [3.8, 4) is 22.0 Å². The lowest BCUT2D eigenvalue weighted by atomic mass is 10.1. The Morgan fingerprint density at radius 2 is 1.97 bits per heavy atom. The number of benzene rings is 1. The molecule has 0 spiro atoms. The smallest absolute Gasteiger partial charge is 0.189 e. The summed E-state index contributed by atoms with van der Waals surface area (Å²) in [5, 5.41) is 14.9. The molecular formula is C20H13N7OS. The van der Waals surface area contributed by atoms with Crippen LogP contribution in [0.3, 0.4) is 0 Å². The van der Waals surface area contributed by atoms with E-state index in [-0.39, 0.29) is 0 Å². The number of aromatic nitrogens is 6. The van der Waals surface area contributed by atoms with Gasteiger partial charge in [0.2, 0.25) is 0 Å². The molecule has 0 aliphatic heterocycles. The molecular weight excluding hydrogens is 386 g/mol. The third kappa shape index (κ3) is 2.34. The number of hydrogen-bond acceptors (Lipinski definition) is 8. The number of thiazole rings is 1. The number of fused-ring (bicyclic) bond motifs is 4. The van der Waals surface area contributed by atoms with Crippen molar-refractivity contribution in [3.05, 3.63) is 54.4 Å². The van der Waals surface area contributed by atoms with Gasteiger partial charge in [0.15, 0.2) is 22.8 Å². The summed E-state index contributed by atoms with van der Waals surface area (Å²) in [6.45, 7) is 1.91. The van der Waals surface area contributed by atoms with E-state index < -0.39 is 0 Å². The summed E-state index contributed by atoms with van der Waals surface area (Å²) in [6.07, 6.45) is 1.63. The van der Waals surface area contributed by atoms with Crippen LogP contribution in [0.2, 0.25) is 0 Å². The second-order valence-corrected chi connectivity index (χ2v) is 7.67. The molecule has 9 heteroatoms. The second kappa shape index (κ2) is 5.82. The first-order chi connectivity index (χ1) is 14.2. The van der Waals surface area contributed by atoms with E-state index in [1.54, 1.807) is 10.8 Å². The molecule has 0 fully saturated rings. The van der Waals surface area contributed by atoms with Gasteiger partial charge in [-0.05, 0) is 37.3 Å². The number of para-hydroxylation sites is 1. The quantitative estimate of drug-likeness (QED) is 0.467. The molecule has 0 aliphatic rings. The number of nitrogens with zero attached hydrogens (tertiary/aromatic N) is 6. The van der Waals surface area contributed by atoms with E-state index in [0.29, 0.717) is 33.6 Å². The van der Waals surface area contributed by atoms with E-state index in [2.05, 4.69) is 25.3 Å². The van der Waals surface area contributed by atoms with Gasteiger partial charge >= 0.3 is 0 Å². The Morgan fingerprint density at radius 1 is 1.07 bits per heavy atom. The zero-order valence-electron chi connectivity index (χ0n) is 15.2. The minimum atomic E-state index is 0.370. The van der Waals surface area contributed by atoms with E-state index in [0.717, 1.165) is 26.9 Å². The van der Waals surface area contributed by atoms with Crippen molar-refractivity contribution >= 4 is 44.1 Å². The summed E-state index contributed by atoms with van der Waals surface area (Å²) in [5.74, 6) is 1.08. The van der Waals surface area contributed by atoms with Gasteiger partial charge in [0.1, 0.15) is 10.8 Å². The molecule has 1 aromatic carbocycles. The fraction of sp³-hybridized carbons (Fsp3) is 0.0500. The van der Waals surface area contributed by atoms with E-state index in [9.17, 15) is 0 Å². The molecule has 0 atom stereocenters. The minimum absolute atomic E-state index is 0.370. The summed E-state index contributed by atoms with van der Waals surface area (Å²) in [5.41, 5.74) is 10.6. The van der Waals surface area contributed by atoms with Crippen molar-refractivity contribution in [3.63, 3.8) is 0 Å². The zero-order chi connectivity index (χ0) is 19.5. The zero-order valence-corrected chi connectivity index (χ0v) is 16.0. The Morgan fingerprint density at radius 3 is 2.79 bits per heavy atom. The summed E-state index contributed by atoms with van der Waals surface area (Å²) in [7, 11) is 0. The molecule has 0 amide bonds. The highest BCUT2D eigenvalue weighted by Gasteiger charge is 2.21. The van der Waals surface area contributed by atoms with Gasteiger partial charge in [0.25, 0.3) is 0 Å². The van der Waals surface area contributed by atoms with Crippen LogP contribution < -0.4 is 5.73 Å². The lowest BCUT2D eigenvalue weighted by Crippen LogP contribution is -2.05. The average molecular weight is 399 g/mol. The van der Waals surface area contributed by atoms with Crippen molar-refractivity contribution in [2.75, 3.05) is 5.73 Å². The highest BCUT2D eigenvalue weighted by Crippen LogP contribution is 2.35.